The van der Waals surface area contributed by atoms with E-state index in [0.29, 0.717) is 0 Å². The van der Waals surface area contributed by atoms with Crippen LogP contribution in [0.15, 0.2) is 30.3 Å². The van der Waals surface area contributed by atoms with Crippen molar-refractivity contribution in [2.45, 2.75) is 38.6 Å². The van der Waals surface area contributed by atoms with E-state index in [1.807, 2.05) is 35.2 Å². The summed E-state index contributed by atoms with van der Waals surface area (Å²) in [6, 6.07) is 10.4. The minimum atomic E-state index is 0.187. The number of nitrogens with zero attached hydrogens (tertiary/aromatic N) is 2. The Morgan fingerprint density at radius 2 is 1.76 bits per heavy atom. The van der Waals surface area contributed by atoms with Crippen LogP contribution in [0.3, 0.4) is 0 Å². The van der Waals surface area contributed by atoms with E-state index < -0.39 is 0 Å². The average Bonchev–Trinajstić information content (AvgIpc) is 2.55. The van der Waals surface area contributed by atoms with Crippen LogP contribution < -0.4 is 0 Å². The number of carbonyl (C=O) groups excluding carboxylic acids is 1. The quantitative estimate of drug-likeness (QED) is 0.834. The summed E-state index contributed by atoms with van der Waals surface area (Å²) in [5.74, 6) is 1.06. The number of hydrogen-bond donors (Lipinski definition) is 0. The zero-order valence-electron chi connectivity index (χ0n) is 13.0. The Morgan fingerprint density at radius 3 is 2.43 bits per heavy atom. The molecule has 1 heterocycles. The molecule has 114 valence electrons. The first kappa shape index (κ1) is 14.6. The summed E-state index contributed by atoms with van der Waals surface area (Å²) >= 11 is 0. The summed E-state index contributed by atoms with van der Waals surface area (Å²) in [7, 11) is 0. The molecule has 3 heteroatoms. The van der Waals surface area contributed by atoms with Gasteiger partial charge < -0.3 is 4.90 Å². The number of carbonyl (C=O) groups is 1. The normalized spacial score (nSPS) is 27.6. The first-order chi connectivity index (χ1) is 10.2. The zero-order valence-corrected chi connectivity index (χ0v) is 13.0. The van der Waals surface area contributed by atoms with Gasteiger partial charge >= 0.3 is 0 Å². The third-order valence-corrected chi connectivity index (χ3v) is 5.05. The van der Waals surface area contributed by atoms with E-state index in [0.717, 1.165) is 43.7 Å². The lowest BCUT2D eigenvalue weighted by molar-refractivity contribution is 0.0489. The van der Waals surface area contributed by atoms with E-state index in [4.69, 9.17) is 0 Å². The minimum absolute atomic E-state index is 0.187. The second-order valence-electron chi connectivity index (χ2n) is 6.62. The summed E-state index contributed by atoms with van der Waals surface area (Å²) in [6.45, 7) is 6.20. The number of benzene rings is 1. The lowest BCUT2D eigenvalue weighted by Gasteiger charge is -2.42. The van der Waals surface area contributed by atoms with Gasteiger partial charge in [0.1, 0.15) is 0 Å². The predicted octanol–water partition coefficient (Wildman–Crippen LogP) is 3.02. The van der Waals surface area contributed by atoms with Gasteiger partial charge in [0.25, 0.3) is 5.91 Å². The highest BCUT2D eigenvalue weighted by atomic mass is 16.2. The molecule has 1 aliphatic carbocycles. The number of rotatable bonds is 2. The molecule has 0 aromatic heterocycles. The van der Waals surface area contributed by atoms with Crippen LogP contribution >= 0.6 is 0 Å². The van der Waals surface area contributed by atoms with Crippen molar-refractivity contribution in [3.05, 3.63) is 35.9 Å². The minimum Gasteiger partial charge on any atom is -0.336 e. The van der Waals surface area contributed by atoms with E-state index in [1.165, 1.54) is 25.7 Å². The molecule has 3 nitrogen and oxygen atoms in total. The predicted molar refractivity (Wildman–Crippen MR) is 85.3 cm³/mol. The molecule has 0 radical (unpaired) electrons. The Labute approximate surface area is 127 Å². The maximum Gasteiger partial charge on any atom is 0.253 e. The lowest BCUT2D eigenvalue weighted by atomic mass is 9.86. The van der Waals surface area contributed by atoms with Gasteiger partial charge in [0.15, 0.2) is 0 Å². The molecule has 1 saturated heterocycles. The molecular formula is C18H26N2O. The zero-order chi connectivity index (χ0) is 14.7. The second-order valence-corrected chi connectivity index (χ2v) is 6.62. The van der Waals surface area contributed by atoms with E-state index in [-0.39, 0.29) is 5.91 Å². The molecule has 21 heavy (non-hydrogen) atoms. The first-order valence-corrected chi connectivity index (χ1v) is 8.32. The van der Waals surface area contributed by atoms with Crippen LogP contribution in [0.5, 0.6) is 0 Å². The van der Waals surface area contributed by atoms with Crippen molar-refractivity contribution in [3.63, 3.8) is 0 Å². The Hall–Kier alpha value is -1.35. The van der Waals surface area contributed by atoms with Gasteiger partial charge in [0.05, 0.1) is 0 Å². The smallest absolute Gasteiger partial charge is 0.253 e. The molecule has 0 N–H and O–H groups in total. The van der Waals surface area contributed by atoms with Crippen LogP contribution in [0, 0.1) is 5.92 Å². The molecule has 0 bridgehead atoms. The first-order valence-electron chi connectivity index (χ1n) is 8.32. The Kier molecular flexibility index (Phi) is 4.59. The summed E-state index contributed by atoms with van der Waals surface area (Å²) in [4.78, 5) is 17.1. The van der Waals surface area contributed by atoms with Gasteiger partial charge in [0.2, 0.25) is 0 Å². The molecule has 2 fully saturated rings. The summed E-state index contributed by atoms with van der Waals surface area (Å²) in [5.41, 5.74) is 0.817. The van der Waals surface area contributed by atoms with Crippen LogP contribution in [-0.2, 0) is 0 Å². The molecule has 1 aromatic rings. The fourth-order valence-electron chi connectivity index (χ4n) is 3.79. The van der Waals surface area contributed by atoms with E-state index >= 15 is 0 Å². The SMILES string of the molecule is CC1CCCC(N2CCN(C(=O)c3ccccc3)CC2)C1. The van der Waals surface area contributed by atoms with Crippen LogP contribution in [0.25, 0.3) is 0 Å². The summed E-state index contributed by atoms with van der Waals surface area (Å²) in [5, 5.41) is 0. The molecule has 1 aliphatic heterocycles. The van der Waals surface area contributed by atoms with Gasteiger partial charge in [-0.3, -0.25) is 9.69 Å². The van der Waals surface area contributed by atoms with E-state index in [2.05, 4.69) is 11.8 Å². The average molecular weight is 286 g/mol. The van der Waals surface area contributed by atoms with Crippen molar-refractivity contribution in [1.29, 1.82) is 0 Å². The largest absolute Gasteiger partial charge is 0.336 e. The monoisotopic (exact) mass is 286 g/mol. The van der Waals surface area contributed by atoms with Crippen LogP contribution in [-0.4, -0.2) is 47.9 Å². The number of amides is 1. The van der Waals surface area contributed by atoms with Crippen molar-refractivity contribution in [2.24, 2.45) is 5.92 Å². The number of piperazine rings is 1. The highest BCUT2D eigenvalue weighted by Crippen LogP contribution is 2.28. The van der Waals surface area contributed by atoms with Gasteiger partial charge in [0, 0.05) is 37.8 Å². The molecule has 2 aliphatic rings. The lowest BCUT2D eigenvalue weighted by Crippen LogP contribution is -2.52. The molecule has 1 amide bonds. The van der Waals surface area contributed by atoms with Crippen LogP contribution in [0.1, 0.15) is 43.0 Å². The van der Waals surface area contributed by atoms with Gasteiger partial charge in [-0.05, 0) is 30.9 Å². The van der Waals surface area contributed by atoms with Crippen molar-refractivity contribution < 1.29 is 4.79 Å². The number of hydrogen-bond acceptors (Lipinski definition) is 2. The standard InChI is InChI=1S/C18H26N2O/c1-15-6-5-9-17(14-15)19-10-12-20(13-11-19)18(21)16-7-3-2-4-8-16/h2-4,7-8,15,17H,5-6,9-14H2,1H3. The van der Waals surface area contributed by atoms with Gasteiger partial charge in [-0.15, -0.1) is 0 Å². The van der Waals surface area contributed by atoms with Crippen molar-refractivity contribution in [2.75, 3.05) is 26.2 Å². The van der Waals surface area contributed by atoms with Crippen molar-refractivity contribution in [1.82, 2.24) is 9.80 Å². The second kappa shape index (κ2) is 6.61. The van der Waals surface area contributed by atoms with Crippen LogP contribution in [0.4, 0.5) is 0 Å². The van der Waals surface area contributed by atoms with Crippen LogP contribution in [0.2, 0.25) is 0 Å². The molecule has 0 spiro atoms. The molecule has 2 atom stereocenters. The maximum absolute atomic E-state index is 12.4. The van der Waals surface area contributed by atoms with Gasteiger partial charge in [-0.1, -0.05) is 38.0 Å². The van der Waals surface area contributed by atoms with E-state index in [9.17, 15) is 4.79 Å². The topological polar surface area (TPSA) is 23.6 Å². The highest BCUT2D eigenvalue weighted by molar-refractivity contribution is 5.94. The summed E-state index contributed by atoms with van der Waals surface area (Å²) in [6.07, 6.45) is 5.45. The molecule has 1 aromatic carbocycles. The fourth-order valence-corrected chi connectivity index (χ4v) is 3.79. The Bertz CT molecular complexity index is 465. The molecule has 2 unspecified atom stereocenters. The Morgan fingerprint density at radius 1 is 1.05 bits per heavy atom. The highest BCUT2D eigenvalue weighted by Gasteiger charge is 2.29. The molecular weight excluding hydrogens is 260 g/mol. The maximum atomic E-state index is 12.4. The Balaban J connectivity index is 1.54. The summed E-state index contributed by atoms with van der Waals surface area (Å²) < 4.78 is 0. The van der Waals surface area contributed by atoms with Gasteiger partial charge in [-0.25, -0.2) is 0 Å². The fraction of sp³-hybridized carbons (Fsp3) is 0.611. The van der Waals surface area contributed by atoms with Gasteiger partial charge in [-0.2, -0.15) is 0 Å². The third kappa shape index (κ3) is 3.46. The molecule has 1 saturated carbocycles. The third-order valence-electron chi connectivity index (χ3n) is 5.05. The van der Waals surface area contributed by atoms with Crippen molar-refractivity contribution >= 4 is 5.91 Å². The van der Waals surface area contributed by atoms with E-state index in [1.54, 1.807) is 0 Å². The molecule has 3 rings (SSSR count). The van der Waals surface area contributed by atoms with Crippen molar-refractivity contribution in [3.8, 4) is 0 Å².